The third-order valence-electron chi connectivity index (χ3n) is 4.50. The largest absolute Gasteiger partial charge is 0.382 e. The van der Waals surface area contributed by atoms with Crippen LogP contribution in [0.1, 0.15) is 52.9 Å². The van der Waals surface area contributed by atoms with Gasteiger partial charge in [0, 0.05) is 23.8 Å². The molecule has 1 saturated carbocycles. The molecule has 2 unspecified atom stereocenters. The lowest BCUT2D eigenvalue weighted by molar-refractivity contribution is -0.115. The molecule has 0 aromatic heterocycles. The van der Waals surface area contributed by atoms with Crippen molar-refractivity contribution in [1.29, 1.82) is 0 Å². The fourth-order valence-corrected chi connectivity index (χ4v) is 3.14. The van der Waals surface area contributed by atoms with Crippen LogP contribution in [0, 0.1) is 11.8 Å². The quantitative estimate of drug-likeness (QED) is 0.827. The van der Waals surface area contributed by atoms with Gasteiger partial charge in [0.05, 0.1) is 0 Å². The first-order valence-corrected chi connectivity index (χ1v) is 8.25. The second-order valence-electron chi connectivity index (χ2n) is 6.49. The van der Waals surface area contributed by atoms with Crippen molar-refractivity contribution in [1.82, 2.24) is 0 Å². The van der Waals surface area contributed by atoms with Gasteiger partial charge >= 0.3 is 0 Å². The number of amides is 1. The van der Waals surface area contributed by atoms with Crippen molar-refractivity contribution in [2.45, 2.75) is 58.9 Å². The zero-order chi connectivity index (χ0) is 15.2. The molecule has 3 nitrogen and oxygen atoms in total. The molecule has 1 aliphatic rings. The first-order chi connectivity index (χ1) is 10.1. The molecule has 0 aliphatic heterocycles. The minimum absolute atomic E-state index is 0.0599. The maximum atomic E-state index is 11.5. The van der Waals surface area contributed by atoms with Crippen LogP contribution in [0.2, 0.25) is 0 Å². The molecular weight excluding hydrogens is 260 g/mol. The van der Waals surface area contributed by atoms with Crippen LogP contribution >= 0.6 is 0 Å². The van der Waals surface area contributed by atoms with Gasteiger partial charge in [-0.2, -0.15) is 0 Å². The molecule has 2 N–H and O–H groups in total. The second kappa shape index (κ2) is 7.48. The first kappa shape index (κ1) is 15.9. The molecule has 1 aliphatic carbocycles. The van der Waals surface area contributed by atoms with E-state index in [9.17, 15) is 4.79 Å². The van der Waals surface area contributed by atoms with Gasteiger partial charge in [0.2, 0.25) is 5.91 Å². The lowest BCUT2D eigenvalue weighted by Crippen LogP contribution is -2.29. The van der Waals surface area contributed by atoms with E-state index in [0.717, 1.165) is 23.2 Å². The summed E-state index contributed by atoms with van der Waals surface area (Å²) in [6.07, 6.45) is 5.68. The molecule has 1 aromatic carbocycles. The highest BCUT2D eigenvalue weighted by Crippen LogP contribution is 2.31. The number of nitrogens with one attached hydrogen (secondary N) is 2. The van der Waals surface area contributed by atoms with Gasteiger partial charge in [0.1, 0.15) is 0 Å². The molecule has 2 atom stereocenters. The minimum atomic E-state index is 0.0599. The molecule has 21 heavy (non-hydrogen) atoms. The topological polar surface area (TPSA) is 41.1 Å². The number of rotatable bonds is 5. The van der Waals surface area contributed by atoms with Crippen molar-refractivity contribution in [2.24, 2.45) is 11.8 Å². The van der Waals surface area contributed by atoms with E-state index < -0.39 is 0 Å². The highest BCUT2D eigenvalue weighted by atomic mass is 16.1. The van der Waals surface area contributed by atoms with Gasteiger partial charge in [0.25, 0.3) is 0 Å². The molecular formula is C18H28N2O. The van der Waals surface area contributed by atoms with Crippen molar-refractivity contribution >= 4 is 17.3 Å². The minimum Gasteiger partial charge on any atom is -0.382 e. The van der Waals surface area contributed by atoms with E-state index in [2.05, 4.69) is 30.5 Å². The van der Waals surface area contributed by atoms with Crippen LogP contribution in [-0.2, 0) is 4.79 Å². The van der Waals surface area contributed by atoms with Gasteiger partial charge < -0.3 is 10.6 Å². The van der Waals surface area contributed by atoms with E-state index >= 15 is 0 Å². The van der Waals surface area contributed by atoms with E-state index in [-0.39, 0.29) is 5.91 Å². The van der Waals surface area contributed by atoms with Crippen LogP contribution in [-0.4, -0.2) is 11.9 Å². The van der Waals surface area contributed by atoms with Gasteiger partial charge in [-0.05, 0) is 42.9 Å². The van der Waals surface area contributed by atoms with Gasteiger partial charge in [-0.1, -0.05) is 39.7 Å². The molecule has 0 spiro atoms. The van der Waals surface area contributed by atoms with E-state index in [0.29, 0.717) is 12.5 Å². The Morgan fingerprint density at radius 2 is 2.05 bits per heavy atom. The number of carbonyl (C=O) groups excluding carboxylic acids is 1. The summed E-state index contributed by atoms with van der Waals surface area (Å²) < 4.78 is 0. The third kappa shape index (κ3) is 4.76. The Morgan fingerprint density at radius 1 is 1.29 bits per heavy atom. The molecule has 0 bridgehead atoms. The smallest absolute Gasteiger partial charge is 0.224 e. The molecule has 116 valence electrons. The normalized spacial score (nSPS) is 22.1. The summed E-state index contributed by atoms with van der Waals surface area (Å²) in [6, 6.07) is 8.61. The Morgan fingerprint density at radius 3 is 2.76 bits per heavy atom. The number of hydrogen-bond acceptors (Lipinski definition) is 2. The average Bonchev–Trinajstić information content (AvgIpc) is 2.47. The Kier molecular flexibility index (Phi) is 5.66. The standard InChI is InChI=1S/C18H28N2O/c1-4-18(21)20-17-10-6-9-16(12-17)19-15-8-5-7-14(11-15)13(2)3/h6,9-10,12-15,19H,4-5,7-8,11H2,1-3H3,(H,20,21). The van der Waals surface area contributed by atoms with Crippen LogP contribution in [0.4, 0.5) is 11.4 Å². The summed E-state index contributed by atoms with van der Waals surface area (Å²) in [7, 11) is 0. The van der Waals surface area contributed by atoms with Crippen molar-refractivity contribution < 1.29 is 4.79 Å². The lowest BCUT2D eigenvalue weighted by Gasteiger charge is -2.32. The Hall–Kier alpha value is -1.51. The predicted octanol–water partition coefficient (Wildman–Crippen LogP) is 4.66. The van der Waals surface area contributed by atoms with E-state index in [1.807, 2.05) is 25.1 Å². The number of carbonyl (C=O) groups is 1. The van der Waals surface area contributed by atoms with Crippen LogP contribution in [0.15, 0.2) is 24.3 Å². The number of anilines is 2. The van der Waals surface area contributed by atoms with E-state index in [1.165, 1.54) is 25.7 Å². The Labute approximate surface area is 128 Å². The summed E-state index contributed by atoms with van der Waals surface area (Å²) in [5, 5.41) is 6.56. The Bertz CT molecular complexity index is 470. The molecule has 1 amide bonds. The zero-order valence-electron chi connectivity index (χ0n) is 13.5. The number of hydrogen-bond donors (Lipinski definition) is 2. The first-order valence-electron chi connectivity index (χ1n) is 8.25. The summed E-state index contributed by atoms with van der Waals surface area (Å²) in [5.41, 5.74) is 1.99. The van der Waals surface area contributed by atoms with Gasteiger partial charge in [-0.15, -0.1) is 0 Å². The molecule has 0 radical (unpaired) electrons. The van der Waals surface area contributed by atoms with Crippen molar-refractivity contribution in [3.05, 3.63) is 24.3 Å². The van der Waals surface area contributed by atoms with Crippen LogP contribution in [0.3, 0.4) is 0 Å². The molecule has 2 rings (SSSR count). The van der Waals surface area contributed by atoms with E-state index in [4.69, 9.17) is 0 Å². The number of benzene rings is 1. The van der Waals surface area contributed by atoms with Gasteiger partial charge in [-0.25, -0.2) is 0 Å². The van der Waals surface area contributed by atoms with Crippen molar-refractivity contribution in [2.75, 3.05) is 10.6 Å². The van der Waals surface area contributed by atoms with Crippen LogP contribution in [0.5, 0.6) is 0 Å². The highest BCUT2D eigenvalue weighted by Gasteiger charge is 2.23. The van der Waals surface area contributed by atoms with Crippen molar-refractivity contribution in [3.8, 4) is 0 Å². The van der Waals surface area contributed by atoms with Crippen LogP contribution < -0.4 is 10.6 Å². The van der Waals surface area contributed by atoms with Gasteiger partial charge in [0.15, 0.2) is 0 Å². The zero-order valence-corrected chi connectivity index (χ0v) is 13.5. The average molecular weight is 288 g/mol. The summed E-state index contributed by atoms with van der Waals surface area (Å²) >= 11 is 0. The summed E-state index contributed by atoms with van der Waals surface area (Å²) in [6.45, 7) is 6.52. The predicted molar refractivity (Wildman–Crippen MR) is 89.6 cm³/mol. The van der Waals surface area contributed by atoms with E-state index in [1.54, 1.807) is 0 Å². The van der Waals surface area contributed by atoms with Crippen molar-refractivity contribution in [3.63, 3.8) is 0 Å². The SMILES string of the molecule is CCC(=O)Nc1cccc(NC2CCCC(C(C)C)C2)c1. The van der Waals surface area contributed by atoms with Gasteiger partial charge in [-0.3, -0.25) is 4.79 Å². The molecule has 3 heteroatoms. The molecule has 0 saturated heterocycles. The maximum absolute atomic E-state index is 11.5. The molecule has 1 fully saturated rings. The fraction of sp³-hybridized carbons (Fsp3) is 0.611. The second-order valence-corrected chi connectivity index (χ2v) is 6.49. The lowest BCUT2D eigenvalue weighted by atomic mass is 9.79. The Balaban J connectivity index is 1.96. The molecule has 0 heterocycles. The van der Waals surface area contributed by atoms with Crippen LogP contribution in [0.25, 0.3) is 0 Å². The third-order valence-corrected chi connectivity index (χ3v) is 4.50. The fourth-order valence-electron chi connectivity index (χ4n) is 3.14. The maximum Gasteiger partial charge on any atom is 0.224 e. The highest BCUT2D eigenvalue weighted by molar-refractivity contribution is 5.90. The summed E-state index contributed by atoms with van der Waals surface area (Å²) in [5.74, 6) is 1.66. The monoisotopic (exact) mass is 288 g/mol. The summed E-state index contributed by atoms with van der Waals surface area (Å²) in [4.78, 5) is 11.5. The molecule has 1 aromatic rings.